The number of methoxy groups -OCH3 is 1. The highest BCUT2D eigenvalue weighted by molar-refractivity contribution is 6.31. The Morgan fingerprint density at radius 2 is 2.12 bits per heavy atom. The van der Waals surface area contributed by atoms with Crippen LogP contribution >= 0.6 is 11.6 Å². The SMILES string of the molecule is COC(=O)C(O)C(O)c1c(N)cccc1Cl. The number of rotatable bonds is 3. The molecule has 0 amide bonds. The fraction of sp³-hybridized carbons (Fsp3) is 0.300. The quantitative estimate of drug-likeness (QED) is 0.532. The first kappa shape index (κ1) is 12.8. The summed E-state index contributed by atoms with van der Waals surface area (Å²) in [6.07, 6.45) is -3.23. The second-order valence-corrected chi connectivity index (χ2v) is 3.56. The third-order valence-corrected chi connectivity index (χ3v) is 2.45. The Morgan fingerprint density at radius 1 is 1.50 bits per heavy atom. The predicted molar refractivity (Wildman–Crippen MR) is 58.8 cm³/mol. The van der Waals surface area contributed by atoms with E-state index in [0.29, 0.717) is 0 Å². The molecule has 0 bridgehead atoms. The normalized spacial score (nSPS) is 14.2. The fourth-order valence-electron chi connectivity index (χ4n) is 1.27. The minimum Gasteiger partial charge on any atom is -0.467 e. The van der Waals surface area contributed by atoms with Crippen LogP contribution in [0.3, 0.4) is 0 Å². The molecule has 0 fully saturated rings. The summed E-state index contributed by atoms with van der Waals surface area (Å²) in [5, 5.41) is 19.4. The first-order valence-corrected chi connectivity index (χ1v) is 4.84. The summed E-state index contributed by atoms with van der Waals surface area (Å²) in [7, 11) is 1.11. The first-order chi connectivity index (χ1) is 7.49. The second kappa shape index (κ2) is 5.16. The number of ether oxygens (including phenoxy) is 1. The van der Waals surface area contributed by atoms with E-state index in [1.165, 1.54) is 12.1 Å². The smallest absolute Gasteiger partial charge is 0.337 e. The summed E-state index contributed by atoms with van der Waals surface area (Å²) in [5.74, 6) is -0.952. The standard InChI is InChI=1S/C10H12ClNO4/c1-16-10(15)9(14)8(13)7-5(11)3-2-4-6(7)12/h2-4,8-9,13-14H,12H2,1H3. The highest BCUT2D eigenvalue weighted by Gasteiger charge is 2.29. The van der Waals surface area contributed by atoms with Gasteiger partial charge in [-0.15, -0.1) is 0 Å². The second-order valence-electron chi connectivity index (χ2n) is 3.16. The van der Waals surface area contributed by atoms with Gasteiger partial charge < -0.3 is 20.7 Å². The Balaban J connectivity index is 3.04. The highest BCUT2D eigenvalue weighted by atomic mass is 35.5. The predicted octanol–water partition coefficient (Wildman–Crippen LogP) is 0.490. The summed E-state index contributed by atoms with van der Waals surface area (Å²) < 4.78 is 4.30. The van der Waals surface area contributed by atoms with Crippen LogP contribution in [-0.4, -0.2) is 29.4 Å². The summed E-state index contributed by atoms with van der Waals surface area (Å²) >= 11 is 5.81. The third kappa shape index (κ3) is 2.44. The molecule has 0 spiro atoms. The molecule has 0 radical (unpaired) electrons. The molecule has 0 aromatic heterocycles. The number of hydrogen-bond donors (Lipinski definition) is 3. The van der Waals surface area contributed by atoms with Crippen LogP contribution in [0.4, 0.5) is 5.69 Å². The lowest BCUT2D eigenvalue weighted by Crippen LogP contribution is -2.29. The molecule has 0 aliphatic heterocycles. The molecule has 2 atom stereocenters. The van der Waals surface area contributed by atoms with Gasteiger partial charge in [0.1, 0.15) is 6.10 Å². The van der Waals surface area contributed by atoms with E-state index in [2.05, 4.69) is 4.74 Å². The molecule has 0 aliphatic carbocycles. The molecule has 1 rings (SSSR count). The van der Waals surface area contributed by atoms with E-state index in [1.807, 2.05) is 0 Å². The van der Waals surface area contributed by atoms with Gasteiger partial charge >= 0.3 is 5.97 Å². The van der Waals surface area contributed by atoms with Gasteiger partial charge in [0.2, 0.25) is 0 Å². The van der Waals surface area contributed by atoms with E-state index in [9.17, 15) is 15.0 Å². The number of aliphatic hydroxyl groups excluding tert-OH is 2. The minimum absolute atomic E-state index is 0.113. The van der Waals surface area contributed by atoms with Crippen molar-refractivity contribution < 1.29 is 19.7 Å². The lowest BCUT2D eigenvalue weighted by molar-refractivity contribution is -0.156. The molecule has 0 saturated carbocycles. The van der Waals surface area contributed by atoms with Crippen molar-refractivity contribution in [3.63, 3.8) is 0 Å². The molecule has 4 N–H and O–H groups in total. The number of esters is 1. The molecule has 0 heterocycles. The van der Waals surface area contributed by atoms with Crippen molar-refractivity contribution in [2.75, 3.05) is 12.8 Å². The molecule has 88 valence electrons. The number of benzene rings is 1. The number of carbonyl (C=O) groups excluding carboxylic acids is 1. The van der Waals surface area contributed by atoms with E-state index in [0.717, 1.165) is 7.11 Å². The molecule has 0 aliphatic rings. The Bertz CT molecular complexity index is 376. The Hall–Kier alpha value is -1.30. The zero-order chi connectivity index (χ0) is 12.3. The molecule has 5 nitrogen and oxygen atoms in total. The largest absolute Gasteiger partial charge is 0.467 e. The summed E-state index contributed by atoms with van der Waals surface area (Å²) in [6, 6.07) is 4.60. The van der Waals surface area contributed by atoms with Gasteiger partial charge in [0, 0.05) is 16.3 Å². The number of anilines is 1. The third-order valence-electron chi connectivity index (χ3n) is 2.12. The average Bonchev–Trinajstić information content (AvgIpc) is 2.26. The Kier molecular flexibility index (Phi) is 4.12. The number of nitrogens with two attached hydrogens (primary N) is 1. The molecule has 16 heavy (non-hydrogen) atoms. The van der Waals surface area contributed by atoms with E-state index in [4.69, 9.17) is 17.3 Å². The summed E-state index contributed by atoms with van der Waals surface area (Å²) in [4.78, 5) is 11.0. The molecule has 1 aromatic carbocycles. The van der Waals surface area contributed by atoms with Gasteiger partial charge in [0.25, 0.3) is 0 Å². The maximum Gasteiger partial charge on any atom is 0.337 e. The molecule has 2 unspecified atom stereocenters. The lowest BCUT2D eigenvalue weighted by Gasteiger charge is -2.18. The highest BCUT2D eigenvalue weighted by Crippen LogP contribution is 2.30. The van der Waals surface area contributed by atoms with Crippen LogP contribution in [0.1, 0.15) is 11.7 Å². The van der Waals surface area contributed by atoms with Crippen LogP contribution in [-0.2, 0) is 9.53 Å². The van der Waals surface area contributed by atoms with Crippen molar-refractivity contribution in [3.8, 4) is 0 Å². The van der Waals surface area contributed by atoms with Crippen LogP contribution in [0, 0.1) is 0 Å². The Morgan fingerprint density at radius 3 is 2.62 bits per heavy atom. The van der Waals surface area contributed by atoms with Gasteiger partial charge in [-0.25, -0.2) is 4.79 Å². The van der Waals surface area contributed by atoms with E-state index >= 15 is 0 Å². The topological polar surface area (TPSA) is 92.8 Å². The summed E-state index contributed by atoms with van der Waals surface area (Å²) in [6.45, 7) is 0. The Labute approximate surface area is 97.4 Å². The number of halogens is 1. The van der Waals surface area contributed by atoms with Crippen LogP contribution in [0.2, 0.25) is 5.02 Å². The lowest BCUT2D eigenvalue weighted by atomic mass is 10.0. The van der Waals surface area contributed by atoms with Crippen LogP contribution in [0.5, 0.6) is 0 Å². The van der Waals surface area contributed by atoms with E-state index < -0.39 is 18.2 Å². The van der Waals surface area contributed by atoms with Crippen LogP contribution < -0.4 is 5.73 Å². The van der Waals surface area contributed by atoms with Crippen molar-refractivity contribution in [2.24, 2.45) is 0 Å². The number of hydrogen-bond acceptors (Lipinski definition) is 5. The van der Waals surface area contributed by atoms with E-state index in [1.54, 1.807) is 6.07 Å². The average molecular weight is 246 g/mol. The molecular formula is C10H12ClNO4. The number of carbonyl (C=O) groups is 1. The minimum atomic E-state index is -1.72. The number of aliphatic hydroxyl groups is 2. The maximum atomic E-state index is 11.0. The van der Waals surface area contributed by atoms with Crippen LogP contribution in [0.25, 0.3) is 0 Å². The molecule has 6 heteroatoms. The van der Waals surface area contributed by atoms with Crippen LogP contribution in [0.15, 0.2) is 18.2 Å². The van der Waals surface area contributed by atoms with Gasteiger partial charge in [-0.2, -0.15) is 0 Å². The number of nitrogen functional groups attached to an aromatic ring is 1. The fourth-order valence-corrected chi connectivity index (χ4v) is 1.57. The maximum absolute atomic E-state index is 11.0. The molecule has 0 saturated heterocycles. The zero-order valence-corrected chi connectivity index (χ0v) is 9.31. The van der Waals surface area contributed by atoms with Gasteiger partial charge in [-0.3, -0.25) is 0 Å². The van der Waals surface area contributed by atoms with Crippen molar-refractivity contribution in [3.05, 3.63) is 28.8 Å². The van der Waals surface area contributed by atoms with Gasteiger partial charge in [-0.1, -0.05) is 17.7 Å². The van der Waals surface area contributed by atoms with E-state index in [-0.39, 0.29) is 16.3 Å². The van der Waals surface area contributed by atoms with Crippen molar-refractivity contribution >= 4 is 23.3 Å². The van der Waals surface area contributed by atoms with Crippen molar-refractivity contribution in [1.82, 2.24) is 0 Å². The zero-order valence-electron chi connectivity index (χ0n) is 8.55. The van der Waals surface area contributed by atoms with Crippen molar-refractivity contribution in [2.45, 2.75) is 12.2 Å². The van der Waals surface area contributed by atoms with Gasteiger partial charge in [0.15, 0.2) is 6.10 Å². The van der Waals surface area contributed by atoms with Gasteiger partial charge in [0.05, 0.1) is 7.11 Å². The monoisotopic (exact) mass is 245 g/mol. The molecule has 1 aromatic rings. The molecular weight excluding hydrogens is 234 g/mol. The van der Waals surface area contributed by atoms with Crippen molar-refractivity contribution in [1.29, 1.82) is 0 Å². The van der Waals surface area contributed by atoms with Gasteiger partial charge in [-0.05, 0) is 12.1 Å². The summed E-state index contributed by atoms with van der Waals surface area (Å²) in [5.41, 5.74) is 5.90. The first-order valence-electron chi connectivity index (χ1n) is 4.47.